The number of carbonyl (C=O) groups is 1. The van der Waals surface area contributed by atoms with Gasteiger partial charge in [-0.1, -0.05) is 11.3 Å². The van der Waals surface area contributed by atoms with Crippen LogP contribution in [0.15, 0.2) is 18.2 Å². The molecule has 0 spiro atoms. The topological polar surface area (TPSA) is 85.1 Å². The Morgan fingerprint density at radius 1 is 1.20 bits per heavy atom. The molecule has 2 aromatic rings. The zero-order valence-electron chi connectivity index (χ0n) is 13.7. The van der Waals surface area contributed by atoms with E-state index in [0.717, 1.165) is 41.7 Å². The smallest absolute Gasteiger partial charge is 0.271 e. The summed E-state index contributed by atoms with van der Waals surface area (Å²) in [6.45, 7) is 0. The van der Waals surface area contributed by atoms with Crippen LogP contribution in [-0.4, -0.2) is 15.8 Å². The molecule has 25 heavy (non-hydrogen) atoms. The molecule has 4 saturated carbocycles. The third-order valence-electron chi connectivity index (χ3n) is 6.32. The number of hydrogen-bond acceptors (Lipinski definition) is 5. The van der Waals surface area contributed by atoms with Gasteiger partial charge >= 0.3 is 0 Å². The highest BCUT2D eigenvalue weighted by Gasteiger charge is 2.54. The molecule has 7 heteroatoms. The summed E-state index contributed by atoms with van der Waals surface area (Å²) in [6, 6.07) is 4.64. The van der Waals surface area contributed by atoms with Crippen molar-refractivity contribution in [3.63, 3.8) is 0 Å². The largest absolute Gasteiger partial charge is 0.301 e. The monoisotopic (exact) mass is 357 g/mol. The number of nitro groups is 1. The molecular formula is C18H19N3O3S. The molecule has 1 N–H and O–H groups in total. The zero-order chi connectivity index (χ0) is 17.2. The second kappa shape index (κ2) is 5.24. The molecule has 0 radical (unpaired) electrons. The number of rotatable bonds is 3. The molecule has 1 aromatic heterocycles. The molecule has 6 nitrogen and oxygen atoms in total. The summed E-state index contributed by atoms with van der Waals surface area (Å²) >= 11 is 1.38. The molecule has 0 atom stereocenters. The molecule has 1 aromatic carbocycles. The average molecular weight is 357 g/mol. The summed E-state index contributed by atoms with van der Waals surface area (Å²) in [5.74, 6) is 2.26. The van der Waals surface area contributed by atoms with Gasteiger partial charge in [-0.25, -0.2) is 4.98 Å². The van der Waals surface area contributed by atoms with Gasteiger partial charge in [-0.15, -0.1) is 0 Å². The molecule has 0 unspecified atom stereocenters. The van der Waals surface area contributed by atoms with Crippen molar-refractivity contribution in [3.05, 3.63) is 28.3 Å². The second-order valence-electron chi connectivity index (χ2n) is 8.08. The number of hydrogen-bond donors (Lipinski definition) is 1. The van der Waals surface area contributed by atoms with Crippen molar-refractivity contribution in [1.29, 1.82) is 0 Å². The zero-order valence-corrected chi connectivity index (χ0v) is 14.6. The first kappa shape index (κ1) is 15.3. The van der Waals surface area contributed by atoms with E-state index >= 15 is 0 Å². The highest BCUT2D eigenvalue weighted by molar-refractivity contribution is 7.22. The predicted molar refractivity (Wildman–Crippen MR) is 95.5 cm³/mol. The van der Waals surface area contributed by atoms with Crippen LogP contribution in [0.1, 0.15) is 38.5 Å². The highest BCUT2D eigenvalue weighted by atomic mass is 32.1. The van der Waals surface area contributed by atoms with E-state index in [1.165, 1.54) is 42.7 Å². The fraction of sp³-hybridized carbons (Fsp3) is 0.556. The number of anilines is 1. The number of benzene rings is 1. The maximum absolute atomic E-state index is 13.1. The quantitative estimate of drug-likeness (QED) is 0.653. The van der Waals surface area contributed by atoms with E-state index in [2.05, 4.69) is 10.3 Å². The minimum atomic E-state index is -0.424. The number of fused-ring (bicyclic) bond motifs is 1. The van der Waals surface area contributed by atoms with Crippen LogP contribution in [0.4, 0.5) is 10.8 Å². The summed E-state index contributed by atoms with van der Waals surface area (Å²) < 4.78 is 0.853. The predicted octanol–water partition coefficient (Wildman–Crippen LogP) is 4.36. The Hall–Kier alpha value is -2.02. The van der Waals surface area contributed by atoms with E-state index < -0.39 is 4.92 Å². The van der Waals surface area contributed by atoms with Gasteiger partial charge in [0.1, 0.15) is 0 Å². The van der Waals surface area contributed by atoms with E-state index in [-0.39, 0.29) is 17.0 Å². The lowest BCUT2D eigenvalue weighted by Crippen LogP contribution is -2.51. The molecule has 4 bridgehead atoms. The van der Waals surface area contributed by atoms with Crippen molar-refractivity contribution >= 4 is 38.3 Å². The maximum atomic E-state index is 13.1. The number of nitro benzene ring substituents is 1. The standard InChI is InChI=1S/C18H19N3O3S/c22-16(18-7-10-3-11(8-18)5-12(4-10)9-18)20-17-19-14-6-13(21(23)24)1-2-15(14)25-17/h1-2,6,10-12H,3-5,7-9H2,(H,19,20,22). The van der Waals surface area contributed by atoms with Gasteiger partial charge in [0.05, 0.1) is 20.6 Å². The van der Waals surface area contributed by atoms with Crippen LogP contribution in [0.25, 0.3) is 10.2 Å². The van der Waals surface area contributed by atoms with Crippen molar-refractivity contribution in [2.24, 2.45) is 23.2 Å². The van der Waals surface area contributed by atoms with Crippen molar-refractivity contribution in [3.8, 4) is 0 Å². The lowest BCUT2D eigenvalue weighted by molar-refractivity contribution is -0.384. The Labute approximate surface area is 148 Å². The van der Waals surface area contributed by atoms with Crippen LogP contribution < -0.4 is 5.32 Å². The number of amides is 1. The Balaban J connectivity index is 1.41. The number of carbonyl (C=O) groups excluding carboxylic acids is 1. The van der Waals surface area contributed by atoms with Gasteiger partial charge in [-0.2, -0.15) is 0 Å². The first-order valence-electron chi connectivity index (χ1n) is 8.87. The van der Waals surface area contributed by atoms with Crippen molar-refractivity contribution in [2.45, 2.75) is 38.5 Å². The maximum Gasteiger partial charge on any atom is 0.271 e. The third-order valence-corrected chi connectivity index (χ3v) is 7.27. The Morgan fingerprint density at radius 2 is 1.84 bits per heavy atom. The first-order valence-corrected chi connectivity index (χ1v) is 9.69. The van der Waals surface area contributed by atoms with E-state index in [0.29, 0.717) is 10.6 Å². The minimum absolute atomic E-state index is 0.0248. The molecule has 4 aliphatic carbocycles. The molecule has 1 heterocycles. The molecule has 4 aliphatic rings. The van der Waals surface area contributed by atoms with Crippen molar-refractivity contribution in [1.82, 2.24) is 4.98 Å². The van der Waals surface area contributed by atoms with Gasteiger partial charge < -0.3 is 5.32 Å². The normalized spacial score (nSPS) is 32.9. The molecular weight excluding hydrogens is 338 g/mol. The van der Waals surface area contributed by atoms with E-state index in [1.54, 1.807) is 6.07 Å². The van der Waals surface area contributed by atoms with Gasteiger partial charge in [0.25, 0.3) is 5.69 Å². The number of non-ortho nitro benzene ring substituents is 1. The fourth-order valence-electron chi connectivity index (χ4n) is 5.70. The van der Waals surface area contributed by atoms with E-state index in [1.807, 2.05) is 0 Å². The van der Waals surface area contributed by atoms with Gasteiger partial charge in [0.2, 0.25) is 5.91 Å². The number of nitrogens with one attached hydrogen (secondary N) is 1. The lowest BCUT2D eigenvalue weighted by Gasteiger charge is -2.55. The van der Waals surface area contributed by atoms with E-state index in [9.17, 15) is 14.9 Å². The van der Waals surface area contributed by atoms with Gasteiger partial charge in [0, 0.05) is 12.1 Å². The molecule has 0 saturated heterocycles. The average Bonchev–Trinajstić information content (AvgIpc) is 2.94. The van der Waals surface area contributed by atoms with Crippen LogP contribution in [0.3, 0.4) is 0 Å². The Kier molecular flexibility index (Phi) is 3.20. The van der Waals surface area contributed by atoms with Gasteiger partial charge in [-0.3, -0.25) is 14.9 Å². The second-order valence-corrected chi connectivity index (χ2v) is 9.11. The Morgan fingerprint density at radius 3 is 2.44 bits per heavy atom. The number of thiazole rings is 1. The molecule has 130 valence electrons. The van der Waals surface area contributed by atoms with Crippen molar-refractivity contribution in [2.75, 3.05) is 5.32 Å². The summed E-state index contributed by atoms with van der Waals surface area (Å²) in [5.41, 5.74) is 0.385. The fourth-order valence-corrected chi connectivity index (χ4v) is 6.54. The molecule has 6 rings (SSSR count). The lowest BCUT2D eigenvalue weighted by atomic mass is 9.49. The van der Waals surface area contributed by atoms with Crippen LogP contribution in [0.2, 0.25) is 0 Å². The minimum Gasteiger partial charge on any atom is -0.301 e. The van der Waals surface area contributed by atoms with Crippen LogP contribution in [-0.2, 0) is 4.79 Å². The summed E-state index contributed by atoms with van der Waals surface area (Å²) in [4.78, 5) is 27.9. The molecule has 0 aliphatic heterocycles. The van der Waals surface area contributed by atoms with Gasteiger partial charge in [-0.05, 0) is 62.3 Å². The van der Waals surface area contributed by atoms with Crippen LogP contribution in [0, 0.1) is 33.3 Å². The van der Waals surface area contributed by atoms with Crippen molar-refractivity contribution < 1.29 is 9.72 Å². The SMILES string of the molecule is O=C(Nc1nc2cc([N+](=O)[O-])ccc2s1)C12CC3CC(CC(C3)C1)C2. The molecule has 4 fully saturated rings. The van der Waals surface area contributed by atoms with E-state index in [4.69, 9.17) is 0 Å². The van der Waals surface area contributed by atoms with Crippen LogP contribution >= 0.6 is 11.3 Å². The summed E-state index contributed by atoms with van der Waals surface area (Å²) in [7, 11) is 0. The third kappa shape index (κ3) is 2.44. The van der Waals surface area contributed by atoms with Gasteiger partial charge in [0.15, 0.2) is 5.13 Å². The molecule has 1 amide bonds. The Bertz CT molecular complexity index is 856. The van der Waals surface area contributed by atoms with Crippen LogP contribution in [0.5, 0.6) is 0 Å². The number of nitrogens with zero attached hydrogens (tertiary/aromatic N) is 2. The number of aromatic nitrogens is 1. The highest BCUT2D eigenvalue weighted by Crippen LogP contribution is 2.60. The summed E-state index contributed by atoms with van der Waals surface area (Å²) in [6.07, 6.45) is 6.95. The first-order chi connectivity index (χ1) is 12.0. The summed E-state index contributed by atoms with van der Waals surface area (Å²) in [5, 5.41) is 14.5.